The largest absolute Gasteiger partial charge is 0.489 e. The number of benzene rings is 1. The van der Waals surface area contributed by atoms with E-state index in [9.17, 15) is 13.2 Å². The minimum Gasteiger partial charge on any atom is -0.489 e. The van der Waals surface area contributed by atoms with Crippen molar-refractivity contribution in [2.75, 3.05) is 12.9 Å². The molecule has 0 unspecified atom stereocenters. The van der Waals surface area contributed by atoms with Crippen molar-refractivity contribution in [2.45, 2.75) is 65.5 Å². The molecule has 0 radical (unpaired) electrons. The van der Waals surface area contributed by atoms with Crippen LogP contribution < -0.4 is 10.1 Å². The van der Waals surface area contributed by atoms with Crippen LogP contribution in [0.2, 0.25) is 5.02 Å². The summed E-state index contributed by atoms with van der Waals surface area (Å²) in [5.74, 6) is 0.883. The number of aryl methyl sites for hydroxylation is 1. The van der Waals surface area contributed by atoms with E-state index in [4.69, 9.17) is 27.1 Å². The Morgan fingerprint density at radius 2 is 1.88 bits per heavy atom. The van der Waals surface area contributed by atoms with E-state index in [0.29, 0.717) is 40.7 Å². The highest BCUT2D eigenvalue weighted by Crippen LogP contribution is 2.55. The van der Waals surface area contributed by atoms with Gasteiger partial charge in [-0.15, -0.1) is 5.10 Å². The summed E-state index contributed by atoms with van der Waals surface area (Å²) in [6, 6.07) is 8.28. The van der Waals surface area contributed by atoms with E-state index in [-0.39, 0.29) is 35.5 Å². The van der Waals surface area contributed by atoms with Crippen molar-refractivity contribution in [2.24, 2.45) is 10.8 Å². The molecule has 1 fully saturated rings. The number of aromatic nitrogens is 4. The number of carbonyl (C=O) groups excluding carboxylic acids is 1. The number of nitrogens with zero attached hydrogens (tertiary/aromatic N) is 5. The number of ether oxygens (including phenoxy) is 1. The molecule has 11 nitrogen and oxygen atoms in total. The van der Waals surface area contributed by atoms with Gasteiger partial charge in [-0.25, -0.2) is 14.5 Å². The average Bonchev–Trinajstić information content (AvgIpc) is 3.40. The predicted molar refractivity (Wildman–Crippen MR) is 158 cm³/mol. The second-order valence-electron chi connectivity index (χ2n) is 11.7. The monoisotopic (exact) mass is 614 g/mol. The molecule has 0 saturated heterocycles. The number of hydrogen-bond donors (Lipinski definition) is 1. The Balaban J connectivity index is 1.32. The van der Waals surface area contributed by atoms with Gasteiger partial charge in [0.1, 0.15) is 11.9 Å². The molecule has 13 heteroatoms. The van der Waals surface area contributed by atoms with Crippen LogP contribution in [0.25, 0.3) is 10.7 Å². The smallest absolute Gasteiger partial charge is 0.264 e. The normalized spacial score (nSPS) is 19.0. The van der Waals surface area contributed by atoms with Crippen LogP contribution in [0.15, 0.2) is 42.7 Å². The van der Waals surface area contributed by atoms with E-state index in [1.807, 2.05) is 0 Å². The molecule has 0 atom stereocenters. The Morgan fingerprint density at radius 3 is 2.50 bits per heavy atom. The molecule has 2 heterocycles. The van der Waals surface area contributed by atoms with E-state index in [0.717, 1.165) is 24.8 Å². The number of rotatable bonds is 12. The molecule has 2 aromatic heterocycles. The molecule has 1 aliphatic carbocycles. The lowest BCUT2D eigenvalue weighted by Crippen LogP contribution is -2.74. The lowest BCUT2D eigenvalue weighted by atomic mass is 9.49. The maximum absolute atomic E-state index is 13.2. The van der Waals surface area contributed by atoms with Gasteiger partial charge >= 0.3 is 0 Å². The van der Waals surface area contributed by atoms with Crippen LogP contribution in [0.5, 0.6) is 5.75 Å². The molecule has 1 saturated carbocycles. The third-order valence-electron chi connectivity index (χ3n) is 7.57. The summed E-state index contributed by atoms with van der Waals surface area (Å²) >= 11 is 6.19. The zero-order valence-corrected chi connectivity index (χ0v) is 25.9. The molecular weight excluding hydrogens is 580 g/mol. The van der Waals surface area contributed by atoms with Gasteiger partial charge in [-0.1, -0.05) is 57.0 Å². The fourth-order valence-corrected chi connectivity index (χ4v) is 6.41. The van der Waals surface area contributed by atoms with Gasteiger partial charge in [0.25, 0.3) is 16.0 Å². The summed E-state index contributed by atoms with van der Waals surface area (Å²) < 4.78 is 34.6. The van der Waals surface area contributed by atoms with Crippen molar-refractivity contribution in [3.63, 3.8) is 0 Å². The standard InChI is InChI=1S/C29H35ClN6O5S/c1-28(2)26(29(3,4)27(28)41-21-12-13-23(31-5)22(30)16-21)33-25(37)19-11-14-24(32-17-19)36-18-20(34-35-36)10-8-7-9-15-40-42(6,38)39/h11-14,16-18,26-27H,7-10,15H2,1-4,6H3,(H,33,37). The molecule has 224 valence electrons. The number of unbranched alkanes of at least 4 members (excludes halogenated alkanes) is 2. The fraction of sp³-hybridized carbons (Fsp3) is 0.483. The van der Waals surface area contributed by atoms with E-state index in [2.05, 4.69) is 53.2 Å². The van der Waals surface area contributed by atoms with Crippen LogP contribution >= 0.6 is 11.6 Å². The van der Waals surface area contributed by atoms with Crippen molar-refractivity contribution in [1.82, 2.24) is 25.3 Å². The fourth-order valence-electron chi connectivity index (χ4n) is 5.78. The molecule has 0 spiro atoms. The van der Waals surface area contributed by atoms with Crippen LogP contribution in [-0.2, 0) is 20.7 Å². The number of hydrogen-bond acceptors (Lipinski definition) is 8. The van der Waals surface area contributed by atoms with E-state index in [1.54, 1.807) is 41.2 Å². The Bertz CT molecular complexity index is 1560. The topological polar surface area (TPSA) is 130 Å². The molecule has 42 heavy (non-hydrogen) atoms. The van der Waals surface area contributed by atoms with Gasteiger partial charge in [0, 0.05) is 23.1 Å². The number of amides is 1. The molecule has 1 aliphatic rings. The molecule has 3 aromatic rings. The Hall–Kier alpha value is -3.53. The number of halogens is 1. The average molecular weight is 615 g/mol. The SMILES string of the molecule is [C-]#[N+]c1ccc(OC2C(C)(C)C(NC(=O)c3ccc(-n4cc(CCCCCOS(C)(=O)=O)nn4)nc3)C2(C)C)cc1Cl. The molecule has 0 bridgehead atoms. The zero-order valence-electron chi connectivity index (χ0n) is 24.3. The van der Waals surface area contributed by atoms with Gasteiger partial charge in [0.15, 0.2) is 5.82 Å². The summed E-state index contributed by atoms with van der Waals surface area (Å²) in [4.78, 5) is 21.0. The van der Waals surface area contributed by atoms with Gasteiger partial charge in [-0.2, -0.15) is 8.42 Å². The van der Waals surface area contributed by atoms with Crippen LogP contribution in [-0.4, -0.2) is 59.3 Å². The summed E-state index contributed by atoms with van der Waals surface area (Å²) in [5, 5.41) is 11.8. The summed E-state index contributed by atoms with van der Waals surface area (Å²) in [6.07, 6.45) is 7.10. The first kappa shape index (κ1) is 31.4. The van der Waals surface area contributed by atoms with E-state index < -0.39 is 10.1 Å². The number of nitrogens with one attached hydrogen (secondary N) is 1. The van der Waals surface area contributed by atoms with Crippen LogP contribution in [0.4, 0.5) is 5.69 Å². The van der Waals surface area contributed by atoms with Crippen molar-refractivity contribution in [3.8, 4) is 11.6 Å². The Labute approximate surface area is 251 Å². The molecule has 1 amide bonds. The van der Waals surface area contributed by atoms with E-state index in [1.165, 1.54) is 6.20 Å². The van der Waals surface area contributed by atoms with Gasteiger partial charge in [0.05, 0.1) is 41.9 Å². The number of pyridine rings is 1. The summed E-state index contributed by atoms with van der Waals surface area (Å²) in [5.41, 5.74) is 0.827. The second kappa shape index (κ2) is 12.4. The van der Waals surface area contributed by atoms with Gasteiger partial charge < -0.3 is 10.1 Å². The van der Waals surface area contributed by atoms with Crippen LogP contribution in [0.1, 0.15) is 63.0 Å². The minimum absolute atomic E-state index is 0.170. The molecule has 1 aromatic carbocycles. The first-order valence-corrected chi connectivity index (χ1v) is 15.8. The van der Waals surface area contributed by atoms with Gasteiger partial charge in [-0.3, -0.25) is 8.98 Å². The highest BCUT2D eigenvalue weighted by Gasteiger charge is 2.64. The third-order valence-corrected chi connectivity index (χ3v) is 8.47. The zero-order chi connectivity index (χ0) is 30.7. The molecule has 0 aliphatic heterocycles. The van der Waals surface area contributed by atoms with Crippen LogP contribution in [0.3, 0.4) is 0 Å². The van der Waals surface area contributed by atoms with Crippen molar-refractivity contribution >= 4 is 33.3 Å². The van der Waals surface area contributed by atoms with Gasteiger partial charge in [0.2, 0.25) is 5.69 Å². The number of carbonyl (C=O) groups is 1. The highest BCUT2D eigenvalue weighted by molar-refractivity contribution is 7.85. The Morgan fingerprint density at radius 1 is 1.14 bits per heavy atom. The second-order valence-corrected chi connectivity index (χ2v) is 13.7. The molecule has 4 rings (SSSR count). The van der Waals surface area contributed by atoms with E-state index >= 15 is 0 Å². The first-order chi connectivity index (χ1) is 19.7. The maximum Gasteiger partial charge on any atom is 0.264 e. The van der Waals surface area contributed by atoms with Crippen LogP contribution in [0, 0.1) is 17.4 Å². The predicted octanol–water partition coefficient (Wildman–Crippen LogP) is 5.17. The molecular formula is C29H35ClN6O5S. The molecule has 1 N–H and O–H groups in total. The summed E-state index contributed by atoms with van der Waals surface area (Å²) in [7, 11) is -3.40. The lowest BCUT2D eigenvalue weighted by Gasteiger charge is -2.63. The van der Waals surface area contributed by atoms with Crippen molar-refractivity contribution in [1.29, 1.82) is 0 Å². The highest BCUT2D eigenvalue weighted by atomic mass is 35.5. The summed E-state index contributed by atoms with van der Waals surface area (Å²) in [6.45, 7) is 15.6. The van der Waals surface area contributed by atoms with Gasteiger partial charge in [-0.05, 0) is 43.5 Å². The van der Waals surface area contributed by atoms with Crippen molar-refractivity contribution in [3.05, 3.63) is 70.4 Å². The third kappa shape index (κ3) is 7.09. The lowest BCUT2D eigenvalue weighted by molar-refractivity contribution is -0.164. The quantitative estimate of drug-likeness (QED) is 0.168. The van der Waals surface area contributed by atoms with Crippen molar-refractivity contribution < 1.29 is 22.1 Å². The minimum atomic E-state index is -3.40. The Kier molecular flexibility index (Phi) is 9.25. The first-order valence-electron chi connectivity index (χ1n) is 13.6. The maximum atomic E-state index is 13.2.